The Morgan fingerprint density at radius 3 is 2.51 bits per heavy atom. The SMILES string of the molecule is Cc1c2c(nn1C)CSCc1cc(n(C)n1)CSc1cc(c3ccccc3c1)OCCCc1c(C(=O)NS(=O)(=O)CCNC(=O)CCOCCOCCNc3cccc4c3C(O)N(C3CCC(=O)NC3=O)C4=O)n(C)c3c-2c(Cl)ccc13. The summed E-state index contributed by atoms with van der Waals surface area (Å²) in [7, 11) is 1.30. The van der Waals surface area contributed by atoms with Gasteiger partial charge in [0.1, 0.15) is 17.5 Å². The number of aliphatic hydroxyl groups excluding tert-OH is 1. The zero-order chi connectivity index (χ0) is 57.8. The molecule has 3 aliphatic heterocycles. The van der Waals surface area contributed by atoms with Gasteiger partial charge in [-0.1, -0.05) is 48.0 Å². The Hall–Kier alpha value is -6.93. The second-order valence-corrected chi connectivity index (χ2v) is 24.5. The minimum absolute atomic E-state index is 0.0381. The summed E-state index contributed by atoms with van der Waals surface area (Å²) in [4.78, 5) is 66.8. The third kappa shape index (κ3) is 12.5. The second-order valence-electron chi connectivity index (χ2n) is 20.2. The Morgan fingerprint density at radius 2 is 1.70 bits per heavy atom. The van der Waals surface area contributed by atoms with Crippen molar-refractivity contribution in [1.82, 2.24) is 44.4 Å². The second kappa shape index (κ2) is 25.3. The fourth-order valence-corrected chi connectivity index (χ4v) is 13.7. The number of aryl methyl sites for hydroxylation is 4. The van der Waals surface area contributed by atoms with Gasteiger partial charge in [0, 0.05) is 119 Å². The molecule has 4 aromatic carbocycles. The average molecular weight is 1200 g/mol. The van der Waals surface area contributed by atoms with E-state index in [0.717, 1.165) is 60.0 Å². The summed E-state index contributed by atoms with van der Waals surface area (Å²) in [6, 6.07) is 22.1. The number of amides is 5. The molecule has 2 unspecified atom stereocenters. The highest BCUT2D eigenvalue weighted by atomic mass is 35.5. The van der Waals surface area contributed by atoms with Crippen LogP contribution in [0, 0.1) is 6.92 Å². The summed E-state index contributed by atoms with van der Waals surface area (Å²) in [5.41, 5.74) is 7.73. The fraction of sp³-hybridized carbons (Fsp3) is 0.386. The highest BCUT2D eigenvalue weighted by molar-refractivity contribution is 7.98. The third-order valence-corrected chi connectivity index (χ3v) is 18.3. The molecule has 0 radical (unpaired) electrons. The van der Waals surface area contributed by atoms with E-state index in [1.165, 1.54) is 0 Å². The number of ether oxygens (including phenoxy) is 3. The molecular weight excluding hydrogens is 1130 g/mol. The number of hydrogen-bond donors (Lipinski definition) is 5. The highest BCUT2D eigenvalue weighted by Crippen LogP contribution is 2.44. The van der Waals surface area contributed by atoms with E-state index in [4.69, 9.17) is 36.0 Å². The predicted octanol–water partition coefficient (Wildman–Crippen LogP) is 6.44. The molecule has 6 heterocycles. The number of anilines is 1. The molecule has 82 heavy (non-hydrogen) atoms. The molecule has 2 atom stereocenters. The lowest BCUT2D eigenvalue weighted by molar-refractivity contribution is -0.139. The van der Waals surface area contributed by atoms with E-state index in [0.29, 0.717) is 76.2 Å². The Morgan fingerprint density at radius 1 is 0.890 bits per heavy atom. The van der Waals surface area contributed by atoms with Gasteiger partial charge in [-0.2, -0.15) is 10.2 Å². The van der Waals surface area contributed by atoms with Crippen LogP contribution in [0.25, 0.3) is 32.8 Å². The number of hydrogen-bond acceptors (Lipinski definition) is 16. The number of carbonyl (C=O) groups excluding carboxylic acids is 5. The number of nitrogens with zero attached hydrogens (tertiary/aromatic N) is 6. The van der Waals surface area contributed by atoms with Gasteiger partial charge in [0.25, 0.3) is 11.8 Å². The summed E-state index contributed by atoms with van der Waals surface area (Å²) in [6.45, 7) is 2.95. The Labute approximate surface area is 487 Å². The van der Waals surface area contributed by atoms with Gasteiger partial charge in [-0.3, -0.25) is 43.6 Å². The third-order valence-electron chi connectivity index (χ3n) is 14.8. The molecule has 3 aromatic heterocycles. The van der Waals surface area contributed by atoms with Crippen molar-refractivity contribution in [1.29, 1.82) is 0 Å². The van der Waals surface area contributed by atoms with Crippen LogP contribution in [0.2, 0.25) is 5.02 Å². The van der Waals surface area contributed by atoms with Gasteiger partial charge < -0.3 is 34.5 Å². The number of nitrogens with one attached hydrogen (secondary N) is 4. The largest absolute Gasteiger partial charge is 0.493 e. The van der Waals surface area contributed by atoms with Gasteiger partial charge >= 0.3 is 0 Å². The fourth-order valence-electron chi connectivity index (χ4n) is 10.8. The normalized spacial score (nSPS) is 16.9. The van der Waals surface area contributed by atoms with Crippen LogP contribution in [-0.4, -0.2) is 130 Å². The van der Waals surface area contributed by atoms with Crippen molar-refractivity contribution in [2.24, 2.45) is 21.1 Å². The van der Waals surface area contributed by atoms with Crippen LogP contribution in [-0.2, 0) is 78.7 Å². The number of fused-ring (bicyclic) bond motifs is 9. The molecule has 0 saturated carbocycles. The van der Waals surface area contributed by atoms with Crippen molar-refractivity contribution in [2.75, 3.05) is 57.2 Å². The molecule has 5 N–H and O–H groups in total. The van der Waals surface area contributed by atoms with E-state index in [9.17, 15) is 37.5 Å². The number of rotatable bonds is 16. The molecular formula is C57H63ClN10O11S3. The van der Waals surface area contributed by atoms with Gasteiger partial charge in [-0.05, 0) is 73.5 Å². The first-order chi connectivity index (χ1) is 39.5. The molecule has 1 saturated heterocycles. The maximum Gasteiger partial charge on any atom is 0.281 e. The lowest BCUT2D eigenvalue weighted by Crippen LogP contribution is -2.53. The molecule has 10 rings (SSSR count). The van der Waals surface area contributed by atoms with E-state index in [2.05, 4.69) is 44.9 Å². The first kappa shape index (κ1) is 58.3. The summed E-state index contributed by atoms with van der Waals surface area (Å²) >= 11 is 10.6. The van der Waals surface area contributed by atoms with E-state index in [1.807, 2.05) is 60.7 Å². The van der Waals surface area contributed by atoms with Crippen molar-refractivity contribution < 1.29 is 51.7 Å². The lowest BCUT2D eigenvalue weighted by atomic mass is 9.98. The highest BCUT2D eigenvalue weighted by Gasteiger charge is 2.45. The standard InChI is InChI=1S/C57H63ClN10O11S3/c1-33-49-44(63-66(33)3)32-80-30-35-28-36(67(4)62-35)31-81-37-27-34-9-5-6-10-38(34)46(29-37)79-21-8-12-39-40-14-15-42(58)51(49)52(40)65(2)53(39)55(72)64-82(75,76)26-20-60-47(69)18-22-77-24-25-78-23-19-59-43-13-7-11-41-50(43)57(74)68(56(41)73)45-16-17-48(70)61-54(45)71/h5-7,9-11,13-15,27-29,45,57,59,74H,8,12,16-26,30-32H2,1-4H3,(H,60,69)(H,64,72)(H,61,70,71). The van der Waals surface area contributed by atoms with E-state index in [1.54, 1.807) is 53.3 Å². The minimum Gasteiger partial charge on any atom is -0.493 e. The van der Waals surface area contributed by atoms with Crippen LogP contribution >= 0.6 is 35.1 Å². The van der Waals surface area contributed by atoms with Gasteiger partial charge in [0.2, 0.25) is 27.7 Å². The van der Waals surface area contributed by atoms with Crippen LogP contribution in [0.1, 0.15) is 86.7 Å². The van der Waals surface area contributed by atoms with E-state index in [-0.39, 0.29) is 63.5 Å². The Kier molecular flexibility index (Phi) is 18.0. The molecule has 0 spiro atoms. The number of benzene rings is 4. The quantitative estimate of drug-likeness (QED) is 0.0515. The topological polar surface area (TPSA) is 259 Å². The zero-order valence-electron chi connectivity index (χ0n) is 45.7. The van der Waals surface area contributed by atoms with Crippen molar-refractivity contribution >= 4 is 102 Å². The molecule has 8 bridgehead atoms. The van der Waals surface area contributed by atoms with Crippen LogP contribution in [0.3, 0.4) is 0 Å². The van der Waals surface area contributed by atoms with Crippen LogP contribution in [0.5, 0.6) is 5.75 Å². The number of thioether (sulfide) groups is 2. The lowest BCUT2D eigenvalue weighted by Gasteiger charge is -2.32. The molecule has 7 aromatic rings. The van der Waals surface area contributed by atoms with Crippen molar-refractivity contribution in [3.8, 4) is 16.9 Å². The Bertz CT molecular complexity index is 3750. The number of imide groups is 1. The maximum absolute atomic E-state index is 14.5. The molecule has 21 nitrogen and oxygen atoms in total. The van der Waals surface area contributed by atoms with Crippen LogP contribution < -0.4 is 25.4 Å². The van der Waals surface area contributed by atoms with E-state index >= 15 is 0 Å². The van der Waals surface area contributed by atoms with Crippen molar-refractivity contribution in [2.45, 2.75) is 73.5 Å². The van der Waals surface area contributed by atoms with Crippen molar-refractivity contribution in [3.05, 3.63) is 123 Å². The number of piperidine rings is 1. The summed E-state index contributed by atoms with van der Waals surface area (Å²) in [6.07, 6.45) is -0.430. The number of aliphatic hydroxyl groups is 1. The number of sulfonamides is 1. The van der Waals surface area contributed by atoms with Crippen LogP contribution in [0.4, 0.5) is 5.69 Å². The van der Waals surface area contributed by atoms with Gasteiger partial charge in [0.05, 0.1) is 60.7 Å². The molecule has 5 amide bonds. The Balaban J connectivity index is 0.752. The first-order valence-electron chi connectivity index (χ1n) is 26.9. The molecule has 25 heteroatoms. The smallest absolute Gasteiger partial charge is 0.281 e. The summed E-state index contributed by atoms with van der Waals surface area (Å²) in [5.74, 6) is -0.780. The molecule has 432 valence electrons. The number of carbonyl (C=O) groups is 5. The predicted molar refractivity (Wildman–Crippen MR) is 313 cm³/mol. The zero-order valence-corrected chi connectivity index (χ0v) is 48.9. The molecule has 3 aliphatic rings. The number of aromatic nitrogens is 5. The first-order valence-corrected chi connectivity index (χ1v) is 31.0. The number of halogens is 1. The van der Waals surface area contributed by atoms with Crippen LogP contribution in [0.15, 0.2) is 77.7 Å². The van der Waals surface area contributed by atoms with Gasteiger partial charge in [-0.25, -0.2) is 13.1 Å². The minimum atomic E-state index is -4.28. The summed E-state index contributed by atoms with van der Waals surface area (Å²) < 4.78 is 52.9. The van der Waals surface area contributed by atoms with Crippen molar-refractivity contribution in [3.63, 3.8) is 0 Å². The van der Waals surface area contributed by atoms with Gasteiger partial charge in [-0.15, -0.1) is 23.5 Å². The maximum atomic E-state index is 14.5. The molecule has 1 fully saturated rings. The summed E-state index contributed by atoms with van der Waals surface area (Å²) in [5, 5.41) is 32.1. The molecule has 0 aliphatic carbocycles. The monoisotopic (exact) mass is 1190 g/mol. The average Bonchev–Trinajstić information content (AvgIpc) is 3.18. The van der Waals surface area contributed by atoms with Gasteiger partial charge in [0.15, 0.2) is 6.23 Å². The van der Waals surface area contributed by atoms with E-state index < -0.39 is 57.6 Å².